The number of ether oxygens (including phenoxy) is 1. The van der Waals surface area contributed by atoms with E-state index < -0.39 is 0 Å². The first-order chi connectivity index (χ1) is 9.61. The molecule has 0 heterocycles. The number of nitrogens with one attached hydrogen (secondary N) is 1. The number of carbonyl (C=O) groups is 1. The molecule has 0 atom stereocenters. The first-order valence-corrected chi connectivity index (χ1v) is 6.76. The van der Waals surface area contributed by atoms with E-state index in [1.165, 1.54) is 13.2 Å². The van der Waals surface area contributed by atoms with Crippen LogP contribution in [0.2, 0.25) is 0 Å². The molecule has 1 amide bonds. The second-order valence-corrected chi connectivity index (χ2v) is 5.03. The molecule has 0 saturated heterocycles. The van der Waals surface area contributed by atoms with Crippen LogP contribution in [-0.4, -0.2) is 13.0 Å². The van der Waals surface area contributed by atoms with Crippen molar-refractivity contribution in [3.05, 3.63) is 63.9 Å². The fraction of sp³-hybridized carbons (Fsp3) is 0.133. The van der Waals surface area contributed by atoms with Crippen LogP contribution >= 0.6 is 15.9 Å². The predicted molar refractivity (Wildman–Crippen MR) is 78.3 cm³/mol. The molecular formula is C15H13BrFNO2. The van der Waals surface area contributed by atoms with Gasteiger partial charge in [-0.15, -0.1) is 0 Å². The fourth-order valence-corrected chi connectivity index (χ4v) is 2.19. The van der Waals surface area contributed by atoms with Gasteiger partial charge in [0, 0.05) is 16.6 Å². The van der Waals surface area contributed by atoms with Gasteiger partial charge >= 0.3 is 0 Å². The highest BCUT2D eigenvalue weighted by molar-refractivity contribution is 9.10. The van der Waals surface area contributed by atoms with Gasteiger partial charge in [0.05, 0.1) is 12.7 Å². The van der Waals surface area contributed by atoms with E-state index in [0.29, 0.717) is 16.9 Å². The zero-order valence-electron chi connectivity index (χ0n) is 10.8. The van der Waals surface area contributed by atoms with Crippen LogP contribution in [0, 0.1) is 5.82 Å². The minimum absolute atomic E-state index is 0.113. The van der Waals surface area contributed by atoms with Crippen molar-refractivity contribution in [1.82, 2.24) is 5.32 Å². The van der Waals surface area contributed by atoms with E-state index in [4.69, 9.17) is 4.74 Å². The van der Waals surface area contributed by atoms with E-state index in [2.05, 4.69) is 21.2 Å². The van der Waals surface area contributed by atoms with Crippen LogP contribution in [0.3, 0.4) is 0 Å². The van der Waals surface area contributed by atoms with E-state index >= 15 is 0 Å². The SMILES string of the molecule is COc1ccccc1C(=O)NCc1cc(Br)ccc1F. The number of carbonyl (C=O) groups excluding carboxylic acids is 1. The molecule has 0 unspecified atom stereocenters. The molecule has 20 heavy (non-hydrogen) atoms. The molecule has 2 aromatic rings. The van der Waals surface area contributed by atoms with Gasteiger partial charge in [-0.25, -0.2) is 4.39 Å². The van der Waals surface area contributed by atoms with Gasteiger partial charge in [0.15, 0.2) is 0 Å². The van der Waals surface area contributed by atoms with Gasteiger partial charge < -0.3 is 10.1 Å². The predicted octanol–water partition coefficient (Wildman–Crippen LogP) is 3.53. The highest BCUT2D eigenvalue weighted by Gasteiger charge is 2.12. The lowest BCUT2D eigenvalue weighted by atomic mass is 10.1. The average Bonchev–Trinajstić information content (AvgIpc) is 2.47. The quantitative estimate of drug-likeness (QED) is 0.926. The molecule has 0 radical (unpaired) electrons. The Balaban J connectivity index is 2.11. The number of amides is 1. The van der Waals surface area contributed by atoms with Crippen molar-refractivity contribution in [3.8, 4) is 5.75 Å². The van der Waals surface area contributed by atoms with Crippen LogP contribution in [0.15, 0.2) is 46.9 Å². The van der Waals surface area contributed by atoms with Crippen molar-refractivity contribution in [2.45, 2.75) is 6.54 Å². The van der Waals surface area contributed by atoms with Crippen molar-refractivity contribution in [2.24, 2.45) is 0 Å². The summed E-state index contributed by atoms with van der Waals surface area (Å²) in [7, 11) is 1.50. The van der Waals surface area contributed by atoms with Gasteiger partial charge in [0.2, 0.25) is 0 Å². The van der Waals surface area contributed by atoms with Gasteiger partial charge in [0.25, 0.3) is 5.91 Å². The van der Waals surface area contributed by atoms with E-state index in [0.717, 1.165) is 4.47 Å². The molecule has 0 aliphatic rings. The Labute approximate surface area is 124 Å². The van der Waals surface area contributed by atoms with Crippen molar-refractivity contribution >= 4 is 21.8 Å². The second kappa shape index (κ2) is 6.52. The van der Waals surface area contributed by atoms with E-state index in [9.17, 15) is 9.18 Å². The van der Waals surface area contributed by atoms with Crippen LogP contribution in [0.25, 0.3) is 0 Å². The van der Waals surface area contributed by atoms with E-state index in [1.54, 1.807) is 36.4 Å². The summed E-state index contributed by atoms with van der Waals surface area (Å²) in [5.74, 6) is -0.171. The van der Waals surface area contributed by atoms with Crippen molar-refractivity contribution in [1.29, 1.82) is 0 Å². The fourth-order valence-electron chi connectivity index (χ4n) is 1.78. The highest BCUT2D eigenvalue weighted by atomic mass is 79.9. The Morgan fingerprint density at radius 1 is 1.30 bits per heavy atom. The lowest BCUT2D eigenvalue weighted by Crippen LogP contribution is -2.23. The maximum absolute atomic E-state index is 13.6. The Hall–Kier alpha value is -1.88. The molecule has 2 rings (SSSR count). The number of para-hydroxylation sites is 1. The molecule has 0 aliphatic heterocycles. The number of hydrogen-bond donors (Lipinski definition) is 1. The Morgan fingerprint density at radius 3 is 2.80 bits per heavy atom. The molecule has 1 N–H and O–H groups in total. The summed E-state index contributed by atoms with van der Waals surface area (Å²) in [6, 6.07) is 11.5. The van der Waals surface area contributed by atoms with Crippen LogP contribution in [-0.2, 0) is 6.54 Å². The summed E-state index contributed by atoms with van der Waals surface area (Å²) in [6.07, 6.45) is 0. The molecular weight excluding hydrogens is 325 g/mol. The highest BCUT2D eigenvalue weighted by Crippen LogP contribution is 2.18. The third-order valence-electron chi connectivity index (χ3n) is 2.80. The molecule has 0 bridgehead atoms. The van der Waals surface area contributed by atoms with E-state index in [-0.39, 0.29) is 18.3 Å². The van der Waals surface area contributed by atoms with E-state index in [1.807, 2.05) is 0 Å². The van der Waals surface area contributed by atoms with Crippen molar-refractivity contribution in [2.75, 3.05) is 7.11 Å². The molecule has 0 aromatic heterocycles. The molecule has 0 spiro atoms. The molecule has 0 aliphatic carbocycles. The van der Waals surface area contributed by atoms with Crippen LogP contribution in [0.1, 0.15) is 15.9 Å². The topological polar surface area (TPSA) is 38.3 Å². The number of rotatable bonds is 4. The maximum Gasteiger partial charge on any atom is 0.255 e. The molecule has 3 nitrogen and oxygen atoms in total. The minimum atomic E-state index is -0.353. The van der Waals surface area contributed by atoms with Gasteiger partial charge in [-0.1, -0.05) is 28.1 Å². The van der Waals surface area contributed by atoms with Crippen LogP contribution in [0.5, 0.6) is 5.75 Å². The van der Waals surface area contributed by atoms with Gasteiger partial charge in [0.1, 0.15) is 11.6 Å². The average molecular weight is 338 g/mol. The Morgan fingerprint density at radius 2 is 2.05 bits per heavy atom. The molecule has 104 valence electrons. The third kappa shape index (κ3) is 3.36. The lowest BCUT2D eigenvalue weighted by molar-refractivity contribution is 0.0947. The number of halogens is 2. The molecule has 0 saturated carbocycles. The summed E-state index contributed by atoms with van der Waals surface area (Å²) in [4.78, 5) is 12.1. The summed E-state index contributed by atoms with van der Waals surface area (Å²) >= 11 is 3.27. The molecule has 5 heteroatoms. The first kappa shape index (κ1) is 14.5. The lowest BCUT2D eigenvalue weighted by Gasteiger charge is -2.09. The number of benzene rings is 2. The zero-order valence-corrected chi connectivity index (χ0v) is 12.4. The standard InChI is InChI=1S/C15H13BrFNO2/c1-20-14-5-3-2-4-12(14)15(19)18-9-10-8-11(16)6-7-13(10)17/h2-8H,9H2,1H3,(H,18,19). The van der Waals surface area contributed by atoms with Gasteiger partial charge in [-0.05, 0) is 30.3 Å². The number of hydrogen-bond acceptors (Lipinski definition) is 2. The zero-order chi connectivity index (χ0) is 14.5. The molecule has 2 aromatic carbocycles. The van der Waals surface area contributed by atoms with Crippen LogP contribution < -0.4 is 10.1 Å². The Bertz CT molecular complexity index is 631. The first-order valence-electron chi connectivity index (χ1n) is 5.97. The van der Waals surface area contributed by atoms with Gasteiger partial charge in [-0.2, -0.15) is 0 Å². The van der Waals surface area contributed by atoms with Crippen molar-refractivity contribution in [3.63, 3.8) is 0 Å². The third-order valence-corrected chi connectivity index (χ3v) is 3.29. The second-order valence-electron chi connectivity index (χ2n) is 4.12. The van der Waals surface area contributed by atoms with Crippen molar-refractivity contribution < 1.29 is 13.9 Å². The largest absolute Gasteiger partial charge is 0.496 e. The monoisotopic (exact) mass is 337 g/mol. The Kier molecular flexibility index (Phi) is 4.74. The normalized spacial score (nSPS) is 10.2. The summed E-state index contributed by atoms with van der Waals surface area (Å²) < 4.78 is 19.5. The summed E-state index contributed by atoms with van der Waals surface area (Å²) in [5.41, 5.74) is 0.841. The maximum atomic E-state index is 13.6. The number of methoxy groups -OCH3 is 1. The minimum Gasteiger partial charge on any atom is -0.496 e. The molecule has 0 fully saturated rings. The van der Waals surface area contributed by atoms with Gasteiger partial charge in [-0.3, -0.25) is 4.79 Å². The summed E-state index contributed by atoms with van der Waals surface area (Å²) in [6.45, 7) is 0.113. The summed E-state index contributed by atoms with van der Waals surface area (Å²) in [5, 5.41) is 2.68. The van der Waals surface area contributed by atoms with Crippen LogP contribution in [0.4, 0.5) is 4.39 Å². The smallest absolute Gasteiger partial charge is 0.255 e.